The molecule has 0 aliphatic carbocycles. The monoisotopic (exact) mass is 251 g/mol. The molecule has 0 atom stereocenters. The molecule has 1 aromatic heterocycles. The lowest BCUT2D eigenvalue weighted by atomic mass is 10.4. The molecule has 5 nitrogen and oxygen atoms in total. The van der Waals surface area contributed by atoms with Crippen LogP contribution in [0.3, 0.4) is 0 Å². The molecule has 0 radical (unpaired) electrons. The number of aryl methyl sites for hydroxylation is 1. The molecule has 0 unspecified atom stereocenters. The van der Waals surface area contributed by atoms with Crippen molar-refractivity contribution < 1.29 is 0 Å². The Morgan fingerprint density at radius 1 is 1.53 bits per heavy atom. The number of nitrogens with one attached hydrogen (secondary N) is 3. The molecular formula is C11H17N5S. The van der Waals surface area contributed by atoms with Gasteiger partial charge in [-0.2, -0.15) is 11.8 Å². The van der Waals surface area contributed by atoms with Crippen LogP contribution in [0.2, 0.25) is 0 Å². The summed E-state index contributed by atoms with van der Waals surface area (Å²) in [6.07, 6.45) is 5.65. The normalized spacial score (nSPS) is 14.3. The Kier molecular flexibility index (Phi) is 4.49. The van der Waals surface area contributed by atoms with E-state index in [2.05, 4.69) is 25.6 Å². The summed E-state index contributed by atoms with van der Waals surface area (Å²) in [5.74, 6) is 2.86. The highest BCUT2D eigenvalue weighted by Crippen LogP contribution is 2.11. The second kappa shape index (κ2) is 6.34. The van der Waals surface area contributed by atoms with E-state index >= 15 is 0 Å². The van der Waals surface area contributed by atoms with Crippen LogP contribution < -0.4 is 10.6 Å². The predicted molar refractivity (Wildman–Crippen MR) is 72.1 cm³/mol. The average molecular weight is 251 g/mol. The first kappa shape index (κ1) is 12.0. The third-order valence-electron chi connectivity index (χ3n) is 2.40. The minimum absolute atomic E-state index is 0.759. The molecule has 0 saturated heterocycles. The van der Waals surface area contributed by atoms with Crippen LogP contribution >= 0.6 is 11.8 Å². The fourth-order valence-electron chi connectivity index (χ4n) is 1.43. The summed E-state index contributed by atoms with van der Waals surface area (Å²) >= 11 is 1.87. The molecule has 2 rings (SSSR count). The van der Waals surface area contributed by atoms with E-state index in [0.29, 0.717) is 0 Å². The Hall–Kier alpha value is -1.43. The van der Waals surface area contributed by atoms with E-state index in [1.807, 2.05) is 31.0 Å². The van der Waals surface area contributed by atoms with Crippen molar-refractivity contribution in [3.8, 4) is 0 Å². The zero-order chi connectivity index (χ0) is 11.9. The molecule has 0 aromatic carbocycles. The second-order valence-electron chi connectivity index (χ2n) is 3.69. The maximum absolute atomic E-state index is 4.27. The molecule has 1 aliphatic rings. The highest BCUT2D eigenvalue weighted by atomic mass is 32.2. The summed E-state index contributed by atoms with van der Waals surface area (Å²) in [5, 5.41) is 6.32. The van der Waals surface area contributed by atoms with Crippen LogP contribution in [0.4, 0.5) is 0 Å². The van der Waals surface area contributed by atoms with Gasteiger partial charge in [-0.05, 0) is 13.0 Å². The molecule has 6 heteroatoms. The number of imidazole rings is 1. The summed E-state index contributed by atoms with van der Waals surface area (Å²) in [6, 6.07) is 0. The number of nitrogens with zero attached hydrogens (tertiary/aromatic N) is 2. The first-order valence-electron chi connectivity index (χ1n) is 5.63. The highest BCUT2D eigenvalue weighted by molar-refractivity contribution is 7.98. The van der Waals surface area contributed by atoms with E-state index in [0.717, 1.165) is 41.9 Å². The Bertz CT molecular complexity index is 410. The maximum atomic E-state index is 4.27. The topological polar surface area (TPSA) is 65.1 Å². The van der Waals surface area contributed by atoms with Crippen molar-refractivity contribution in [3.05, 3.63) is 30.0 Å². The van der Waals surface area contributed by atoms with E-state index in [4.69, 9.17) is 0 Å². The molecule has 1 aromatic rings. The van der Waals surface area contributed by atoms with Crippen LogP contribution in [0.1, 0.15) is 11.4 Å². The minimum atomic E-state index is 0.759. The van der Waals surface area contributed by atoms with Crippen molar-refractivity contribution in [2.45, 2.75) is 12.7 Å². The molecule has 0 bridgehead atoms. The van der Waals surface area contributed by atoms with Crippen molar-refractivity contribution in [2.24, 2.45) is 4.99 Å². The van der Waals surface area contributed by atoms with Crippen LogP contribution in [-0.4, -0.2) is 34.8 Å². The van der Waals surface area contributed by atoms with Gasteiger partial charge in [-0.3, -0.25) is 0 Å². The Balaban J connectivity index is 1.58. The standard InChI is InChI=1S/C11H17N5S/c1-9-10(16-8-15-9)7-17-6-5-14-11-12-3-2-4-13-11/h2-3,8H,4-7H2,1H3,(H,15,16)(H2,12,13,14). The summed E-state index contributed by atoms with van der Waals surface area (Å²) in [6.45, 7) is 3.72. The zero-order valence-electron chi connectivity index (χ0n) is 9.86. The lowest BCUT2D eigenvalue weighted by Gasteiger charge is -2.11. The number of aromatic nitrogens is 2. The van der Waals surface area contributed by atoms with Crippen molar-refractivity contribution in [1.82, 2.24) is 20.6 Å². The number of H-pyrrole nitrogens is 1. The summed E-state index contributed by atoms with van der Waals surface area (Å²) in [5.41, 5.74) is 2.31. The maximum Gasteiger partial charge on any atom is 0.195 e. The highest BCUT2D eigenvalue weighted by Gasteiger charge is 2.01. The Labute approximate surface area is 105 Å². The lowest BCUT2D eigenvalue weighted by molar-refractivity contribution is 0.906. The fraction of sp³-hybridized carbons (Fsp3) is 0.455. The van der Waals surface area contributed by atoms with Gasteiger partial charge in [-0.15, -0.1) is 0 Å². The first-order valence-corrected chi connectivity index (χ1v) is 6.78. The second-order valence-corrected chi connectivity index (χ2v) is 4.79. The van der Waals surface area contributed by atoms with Gasteiger partial charge in [0.1, 0.15) is 0 Å². The van der Waals surface area contributed by atoms with Gasteiger partial charge < -0.3 is 15.6 Å². The zero-order valence-corrected chi connectivity index (χ0v) is 10.7. The summed E-state index contributed by atoms with van der Waals surface area (Å²) in [7, 11) is 0. The van der Waals surface area contributed by atoms with E-state index in [1.165, 1.54) is 0 Å². The third-order valence-corrected chi connectivity index (χ3v) is 3.38. The molecule has 0 saturated carbocycles. The molecule has 17 heavy (non-hydrogen) atoms. The molecule has 2 heterocycles. The van der Waals surface area contributed by atoms with Crippen LogP contribution in [0, 0.1) is 6.92 Å². The van der Waals surface area contributed by atoms with Crippen molar-refractivity contribution in [3.63, 3.8) is 0 Å². The third kappa shape index (κ3) is 3.81. The van der Waals surface area contributed by atoms with Crippen LogP contribution in [-0.2, 0) is 5.75 Å². The van der Waals surface area contributed by atoms with E-state index in [-0.39, 0.29) is 0 Å². The SMILES string of the molecule is Cc1[nH]cnc1CSCCNC1=NCC=CN1. The molecule has 0 fully saturated rings. The van der Waals surface area contributed by atoms with Crippen LogP contribution in [0.15, 0.2) is 23.6 Å². The van der Waals surface area contributed by atoms with Gasteiger partial charge in [-0.1, -0.05) is 0 Å². The van der Waals surface area contributed by atoms with Crippen LogP contribution in [0.5, 0.6) is 0 Å². The summed E-state index contributed by atoms with van der Waals surface area (Å²) < 4.78 is 0. The van der Waals surface area contributed by atoms with Crippen molar-refractivity contribution >= 4 is 17.7 Å². The van der Waals surface area contributed by atoms with Gasteiger partial charge in [0, 0.05) is 29.9 Å². The predicted octanol–water partition coefficient (Wildman–Crippen LogP) is 1.01. The number of rotatable bonds is 5. The molecule has 0 spiro atoms. The fourth-order valence-corrected chi connectivity index (χ4v) is 2.31. The van der Waals surface area contributed by atoms with Crippen molar-refractivity contribution in [1.29, 1.82) is 0 Å². The summed E-state index contributed by atoms with van der Waals surface area (Å²) in [4.78, 5) is 11.6. The number of thioether (sulfide) groups is 1. The molecule has 0 amide bonds. The number of hydrogen-bond donors (Lipinski definition) is 3. The Morgan fingerprint density at radius 3 is 3.18 bits per heavy atom. The average Bonchev–Trinajstić information content (AvgIpc) is 2.76. The molecule has 92 valence electrons. The van der Waals surface area contributed by atoms with Gasteiger partial charge >= 0.3 is 0 Å². The largest absolute Gasteiger partial charge is 0.355 e. The van der Waals surface area contributed by atoms with Gasteiger partial charge in [-0.25, -0.2) is 9.98 Å². The van der Waals surface area contributed by atoms with Gasteiger partial charge in [0.25, 0.3) is 0 Å². The Morgan fingerprint density at radius 2 is 2.47 bits per heavy atom. The van der Waals surface area contributed by atoms with Gasteiger partial charge in [0.05, 0.1) is 18.6 Å². The van der Waals surface area contributed by atoms with E-state index in [9.17, 15) is 0 Å². The molecular weight excluding hydrogens is 234 g/mol. The van der Waals surface area contributed by atoms with Crippen LogP contribution in [0.25, 0.3) is 0 Å². The molecule has 1 aliphatic heterocycles. The smallest absolute Gasteiger partial charge is 0.195 e. The number of aromatic amines is 1. The lowest BCUT2D eigenvalue weighted by Crippen LogP contribution is -2.37. The number of guanidine groups is 1. The first-order chi connectivity index (χ1) is 8.36. The number of hydrogen-bond acceptors (Lipinski definition) is 5. The number of aliphatic imine (C=N–C) groups is 1. The van der Waals surface area contributed by atoms with E-state index in [1.54, 1.807) is 6.33 Å². The van der Waals surface area contributed by atoms with Gasteiger partial charge in [0.15, 0.2) is 5.96 Å². The van der Waals surface area contributed by atoms with Crippen molar-refractivity contribution in [2.75, 3.05) is 18.8 Å². The minimum Gasteiger partial charge on any atom is -0.355 e. The van der Waals surface area contributed by atoms with Gasteiger partial charge in [0.2, 0.25) is 0 Å². The quantitative estimate of drug-likeness (QED) is 0.684. The van der Waals surface area contributed by atoms with E-state index < -0.39 is 0 Å². The molecule has 3 N–H and O–H groups in total.